The molecule has 0 bridgehead atoms. The minimum absolute atomic E-state index is 0.276. The Balaban J connectivity index is 1.87. The number of aromatic nitrogens is 2. The molecular formula is C20H22N2O8S. The molecule has 0 aliphatic carbocycles. The number of carbonyl (C=O) groups is 3. The Morgan fingerprint density at radius 2 is 1.68 bits per heavy atom. The summed E-state index contributed by atoms with van der Waals surface area (Å²) < 4.78 is 27.2. The van der Waals surface area contributed by atoms with E-state index < -0.39 is 41.7 Å². The van der Waals surface area contributed by atoms with Gasteiger partial charge in [-0.2, -0.15) is 0 Å². The minimum atomic E-state index is -1.02. The van der Waals surface area contributed by atoms with Crippen LogP contribution in [0.3, 0.4) is 0 Å². The van der Waals surface area contributed by atoms with Gasteiger partial charge < -0.3 is 23.5 Å². The van der Waals surface area contributed by atoms with Crippen molar-refractivity contribution < 1.29 is 37.9 Å². The maximum Gasteiger partial charge on any atom is 0.303 e. The molecular weight excluding hydrogens is 428 g/mol. The summed E-state index contributed by atoms with van der Waals surface area (Å²) in [5.74, 6) is -0.422. The largest absolute Gasteiger partial charge is 0.474 e. The Labute approximate surface area is 182 Å². The lowest BCUT2D eigenvalue weighted by Crippen LogP contribution is -2.55. The molecule has 11 heteroatoms. The number of aryl methyl sites for hydroxylation is 1. The molecule has 4 atom stereocenters. The summed E-state index contributed by atoms with van der Waals surface area (Å²) in [6.45, 7) is 5.49. The van der Waals surface area contributed by atoms with Gasteiger partial charge in [-0.05, 0) is 13.0 Å². The Morgan fingerprint density at radius 1 is 1.00 bits per heavy atom. The Morgan fingerprint density at radius 3 is 2.29 bits per heavy atom. The molecule has 0 unspecified atom stereocenters. The molecule has 3 rings (SSSR count). The van der Waals surface area contributed by atoms with Crippen molar-refractivity contribution in [3.63, 3.8) is 0 Å². The van der Waals surface area contributed by atoms with E-state index in [1.807, 2.05) is 0 Å². The van der Waals surface area contributed by atoms with Crippen LogP contribution >= 0.6 is 11.8 Å². The number of thioether (sulfide) groups is 1. The van der Waals surface area contributed by atoms with Gasteiger partial charge in [0.15, 0.2) is 23.7 Å². The highest BCUT2D eigenvalue weighted by Gasteiger charge is 2.47. The van der Waals surface area contributed by atoms with Crippen molar-refractivity contribution in [2.24, 2.45) is 0 Å². The average molecular weight is 450 g/mol. The molecule has 1 fully saturated rings. The molecule has 0 spiro atoms. The number of rotatable bonds is 6. The van der Waals surface area contributed by atoms with E-state index in [1.165, 1.54) is 38.7 Å². The quantitative estimate of drug-likeness (QED) is 0.475. The first-order valence-electron chi connectivity index (χ1n) is 9.41. The van der Waals surface area contributed by atoms with Gasteiger partial charge in [0.25, 0.3) is 0 Å². The second-order valence-electron chi connectivity index (χ2n) is 6.82. The SMILES string of the molecule is CC(=O)O[C@@H]1[C@@H](OC(C)=O)[C@H](OC(C)=O)CS[C@H]1Oc1cncc(-c2cnoc2C)c1. The molecule has 1 aliphatic rings. The molecule has 166 valence electrons. The highest BCUT2D eigenvalue weighted by Crippen LogP contribution is 2.35. The van der Waals surface area contributed by atoms with Crippen LogP contribution in [0.1, 0.15) is 26.5 Å². The van der Waals surface area contributed by atoms with Crippen LogP contribution in [0.4, 0.5) is 0 Å². The van der Waals surface area contributed by atoms with Crippen LogP contribution in [-0.2, 0) is 28.6 Å². The predicted molar refractivity (Wildman–Crippen MR) is 108 cm³/mol. The lowest BCUT2D eigenvalue weighted by Gasteiger charge is -2.39. The molecule has 31 heavy (non-hydrogen) atoms. The van der Waals surface area contributed by atoms with E-state index in [2.05, 4.69) is 10.1 Å². The summed E-state index contributed by atoms with van der Waals surface area (Å²) in [4.78, 5) is 39.1. The number of hydrogen-bond acceptors (Lipinski definition) is 11. The number of carbonyl (C=O) groups excluding carboxylic acids is 3. The zero-order valence-corrected chi connectivity index (χ0v) is 18.2. The summed E-state index contributed by atoms with van der Waals surface area (Å²) in [7, 11) is 0. The smallest absolute Gasteiger partial charge is 0.303 e. The molecule has 2 aromatic rings. The van der Waals surface area contributed by atoms with Crippen molar-refractivity contribution in [3.8, 4) is 16.9 Å². The monoisotopic (exact) mass is 450 g/mol. The van der Waals surface area contributed by atoms with Crippen molar-refractivity contribution in [2.45, 2.75) is 51.4 Å². The Kier molecular flexibility index (Phi) is 7.16. The molecule has 0 aromatic carbocycles. The van der Waals surface area contributed by atoms with Gasteiger partial charge in [0.2, 0.25) is 0 Å². The van der Waals surface area contributed by atoms with Gasteiger partial charge in [0, 0.05) is 43.8 Å². The van der Waals surface area contributed by atoms with Gasteiger partial charge in [-0.3, -0.25) is 19.4 Å². The van der Waals surface area contributed by atoms with Crippen LogP contribution in [0.15, 0.2) is 29.2 Å². The van der Waals surface area contributed by atoms with E-state index in [-0.39, 0.29) is 5.75 Å². The molecule has 1 saturated heterocycles. The van der Waals surface area contributed by atoms with Gasteiger partial charge in [-0.1, -0.05) is 5.16 Å². The zero-order valence-electron chi connectivity index (χ0n) is 17.4. The Hall–Kier alpha value is -3.08. The number of pyridine rings is 1. The standard InChI is InChI=1S/C20H22N2O8S/c1-10-16(8-22-30-10)14-5-15(7-21-6-14)29-20-19(28-13(4)25)18(27-12(3)24)17(9-31-20)26-11(2)23/h5-8,17-20H,9H2,1-4H3/t17-,18+,19-,20-/m1/s1. The third-order valence-corrected chi connectivity index (χ3v) is 5.55. The summed E-state index contributed by atoms with van der Waals surface area (Å²) in [5.41, 5.74) is 0.759. The summed E-state index contributed by atoms with van der Waals surface area (Å²) in [6, 6.07) is 1.75. The fourth-order valence-corrected chi connectivity index (χ4v) is 4.37. The van der Waals surface area contributed by atoms with E-state index in [1.54, 1.807) is 25.4 Å². The number of hydrogen-bond donors (Lipinski definition) is 0. The summed E-state index contributed by atoms with van der Waals surface area (Å²) in [5, 5.41) is 3.76. The normalized spacial score (nSPS) is 23.0. The topological polar surface area (TPSA) is 127 Å². The van der Waals surface area contributed by atoms with Crippen LogP contribution in [0, 0.1) is 6.92 Å². The third kappa shape index (κ3) is 5.75. The second kappa shape index (κ2) is 9.82. The fraction of sp³-hybridized carbons (Fsp3) is 0.450. The molecule has 1 aliphatic heterocycles. The first-order chi connectivity index (χ1) is 14.7. The van der Waals surface area contributed by atoms with Crippen LogP contribution in [0.2, 0.25) is 0 Å². The van der Waals surface area contributed by atoms with Crippen molar-refractivity contribution in [2.75, 3.05) is 5.75 Å². The van der Waals surface area contributed by atoms with Crippen LogP contribution in [-0.4, -0.2) is 57.5 Å². The first-order valence-corrected chi connectivity index (χ1v) is 10.5. The average Bonchev–Trinajstić information content (AvgIpc) is 3.11. The van der Waals surface area contributed by atoms with E-state index in [9.17, 15) is 14.4 Å². The van der Waals surface area contributed by atoms with Gasteiger partial charge in [-0.15, -0.1) is 11.8 Å². The first kappa shape index (κ1) is 22.6. The maximum absolute atomic E-state index is 11.8. The highest BCUT2D eigenvalue weighted by atomic mass is 32.2. The van der Waals surface area contributed by atoms with E-state index in [0.29, 0.717) is 11.5 Å². The summed E-state index contributed by atoms with van der Waals surface area (Å²) in [6.07, 6.45) is 1.91. The second-order valence-corrected chi connectivity index (χ2v) is 7.95. The molecule has 10 nitrogen and oxygen atoms in total. The molecule has 0 amide bonds. The van der Waals surface area contributed by atoms with Crippen molar-refractivity contribution >= 4 is 29.7 Å². The van der Waals surface area contributed by atoms with Crippen LogP contribution < -0.4 is 4.74 Å². The number of ether oxygens (including phenoxy) is 4. The zero-order chi connectivity index (χ0) is 22.5. The lowest BCUT2D eigenvalue weighted by molar-refractivity contribution is -0.186. The molecule has 0 radical (unpaired) electrons. The summed E-state index contributed by atoms with van der Waals surface area (Å²) >= 11 is 1.27. The van der Waals surface area contributed by atoms with Crippen molar-refractivity contribution in [1.82, 2.24) is 10.1 Å². The minimum Gasteiger partial charge on any atom is -0.474 e. The van der Waals surface area contributed by atoms with E-state index >= 15 is 0 Å². The molecule has 2 aromatic heterocycles. The van der Waals surface area contributed by atoms with E-state index in [0.717, 1.165) is 11.1 Å². The molecule has 0 saturated carbocycles. The highest BCUT2D eigenvalue weighted by molar-refractivity contribution is 7.99. The van der Waals surface area contributed by atoms with Gasteiger partial charge in [-0.25, -0.2) is 0 Å². The third-order valence-electron chi connectivity index (χ3n) is 4.33. The van der Waals surface area contributed by atoms with Crippen LogP contribution in [0.25, 0.3) is 11.1 Å². The molecule has 0 N–H and O–H groups in total. The lowest BCUT2D eigenvalue weighted by atomic mass is 10.1. The van der Waals surface area contributed by atoms with Crippen molar-refractivity contribution in [1.29, 1.82) is 0 Å². The van der Waals surface area contributed by atoms with Crippen LogP contribution in [0.5, 0.6) is 5.75 Å². The van der Waals surface area contributed by atoms with Gasteiger partial charge >= 0.3 is 17.9 Å². The molecule has 3 heterocycles. The predicted octanol–water partition coefficient (Wildman–Crippen LogP) is 2.29. The van der Waals surface area contributed by atoms with E-state index in [4.69, 9.17) is 23.5 Å². The fourth-order valence-electron chi connectivity index (χ4n) is 3.15. The number of esters is 3. The Bertz CT molecular complexity index is 962. The van der Waals surface area contributed by atoms with Gasteiger partial charge in [0.1, 0.15) is 11.5 Å². The maximum atomic E-state index is 11.8. The van der Waals surface area contributed by atoms with Crippen molar-refractivity contribution in [3.05, 3.63) is 30.4 Å². The number of nitrogens with zero attached hydrogens (tertiary/aromatic N) is 2. The van der Waals surface area contributed by atoms with Gasteiger partial charge in [0.05, 0.1) is 12.4 Å².